The van der Waals surface area contributed by atoms with Crippen LogP contribution < -0.4 is 0 Å². The van der Waals surface area contributed by atoms with Crippen molar-refractivity contribution >= 4 is 17.9 Å². The number of rotatable bonds is 16. The quantitative estimate of drug-likeness (QED) is 0.0401. The summed E-state index contributed by atoms with van der Waals surface area (Å²) in [5.74, 6) is -3.74. The fraction of sp³-hybridized carbons (Fsp3) is 0.859. The summed E-state index contributed by atoms with van der Waals surface area (Å²) in [6.45, 7) is 20.2. The SMILES string of the molecule is C/C=C(\C)C(=O)O[C@H]1[C@H](OC(=O)/C(C)=C/C)[C@]2(CO)[C@H](O)C[C@]3(C)C(=CC[C@@H]4[C@@]5(C)CC[C@H](O[C@@H]6O[C@H](C(=O)O)[C@@H](O)[C@H](O[C@@H]7O[C@H](CO)[C@H](O)[C@H](O)[C@H]7OC7OC(C)C(O)C(O)C7O)[C@H]6O[C@@H]6O[C@H](CO)[C@@H](O)[C@H](O)[C@H]6O)C(C)(C)[C@@H]5CC[C@]43C)[C@@H]2CC1(C)C. The van der Waals surface area contributed by atoms with Gasteiger partial charge in [0.25, 0.3) is 0 Å². The number of hydrogen-bond donors (Lipinski definition) is 14. The maximum atomic E-state index is 13.9. The molecule has 4 saturated carbocycles. The Balaban J connectivity index is 1.05. The van der Waals surface area contributed by atoms with E-state index in [1.807, 2.05) is 27.7 Å². The van der Waals surface area contributed by atoms with E-state index in [4.69, 9.17) is 47.4 Å². The van der Waals surface area contributed by atoms with Gasteiger partial charge in [-0.25, -0.2) is 14.4 Å². The zero-order valence-electron chi connectivity index (χ0n) is 54.0. The van der Waals surface area contributed by atoms with Crippen LogP contribution in [-0.4, -0.2) is 256 Å². The van der Waals surface area contributed by atoms with Gasteiger partial charge in [-0.05, 0) is 119 Å². The number of aliphatic carboxylic acids is 1. The van der Waals surface area contributed by atoms with Crippen LogP contribution in [0, 0.1) is 50.2 Å². The summed E-state index contributed by atoms with van der Waals surface area (Å²) in [5.41, 5.74) is -3.17. The zero-order chi connectivity index (χ0) is 67.3. The maximum absolute atomic E-state index is 13.9. The number of ether oxygens (including phenoxy) is 10. The van der Waals surface area contributed by atoms with E-state index in [1.54, 1.807) is 39.8 Å². The van der Waals surface area contributed by atoms with Crippen molar-refractivity contribution in [3.05, 3.63) is 34.9 Å². The molecule has 31 atom stereocenters. The second-order valence-electron chi connectivity index (χ2n) is 29.3. The minimum absolute atomic E-state index is 0.0434. The van der Waals surface area contributed by atoms with E-state index in [2.05, 4.69) is 26.8 Å². The number of fused-ring (bicyclic) bond motifs is 7. The van der Waals surface area contributed by atoms with Crippen molar-refractivity contribution in [3.8, 4) is 0 Å². The van der Waals surface area contributed by atoms with Gasteiger partial charge in [-0.15, -0.1) is 0 Å². The number of aliphatic hydroxyl groups excluding tert-OH is 13. The van der Waals surface area contributed by atoms with E-state index in [-0.39, 0.29) is 18.3 Å². The first-order valence-electron chi connectivity index (χ1n) is 32.0. The zero-order valence-corrected chi connectivity index (χ0v) is 54.0. The van der Waals surface area contributed by atoms with Crippen molar-refractivity contribution in [1.82, 2.24) is 0 Å². The normalized spacial score (nSPS) is 49.8. The highest BCUT2D eigenvalue weighted by Gasteiger charge is 2.74. The largest absolute Gasteiger partial charge is 0.479 e. The fourth-order valence-electron chi connectivity index (χ4n) is 17.8. The van der Waals surface area contributed by atoms with Crippen LogP contribution in [0.2, 0.25) is 0 Å². The van der Waals surface area contributed by atoms with Crippen molar-refractivity contribution < 1.29 is 133 Å². The standard InChI is InChI=1S/C64H100O27/c1-13-26(3)53(80)90-50-51(91-54(81)27(4)14-2)64(25-67)30(21-59(50,6)7)29-15-16-34-61(10)19-18-36(60(8,9)33(61)17-20-62(34,11)63(29,12)22-35(64)68)85-58-49(89-56-44(76)41(73)38(70)31(23-65)83-56)46(45(77)47(87-58)52(78)79)86-57-48(42(74)39(71)32(24-66)84-57)88-55-43(75)40(72)37(69)28(5)82-55/h13-15,28,30-51,55-58,65-77H,16-25H2,1-12H3,(H,78,79)/b26-13+,27-14+/t28?,30-,31+,32+,33-,34+,35+,36-,37?,38+,39-,40?,41-,42-,43?,44+,45-,46-,47-,48+,49+,50-,51-,55?,56-,57-,58+,61-,62+,63+,64-/m0/s1. The number of allylic oxidation sites excluding steroid dienone is 4. The van der Waals surface area contributed by atoms with Crippen molar-refractivity contribution in [1.29, 1.82) is 0 Å². The molecule has 4 saturated heterocycles. The van der Waals surface area contributed by atoms with Crippen LogP contribution in [0.1, 0.15) is 128 Å². The van der Waals surface area contributed by atoms with Crippen LogP contribution in [0.5, 0.6) is 0 Å². The Morgan fingerprint density at radius 3 is 1.68 bits per heavy atom. The molecule has 91 heavy (non-hydrogen) atoms. The molecule has 5 aliphatic carbocycles. The smallest absolute Gasteiger partial charge is 0.335 e. The first-order chi connectivity index (χ1) is 42.5. The van der Waals surface area contributed by atoms with Crippen LogP contribution in [0.15, 0.2) is 34.9 Å². The molecular formula is C64H100O27. The Hall–Kier alpha value is -3.21. The third-order valence-electron chi connectivity index (χ3n) is 23.7. The molecule has 4 heterocycles. The lowest BCUT2D eigenvalue weighted by Crippen LogP contribution is -2.72. The summed E-state index contributed by atoms with van der Waals surface area (Å²) in [4.78, 5) is 40.8. The van der Waals surface area contributed by atoms with Gasteiger partial charge in [0.2, 0.25) is 0 Å². The number of aliphatic hydroxyl groups is 13. The summed E-state index contributed by atoms with van der Waals surface area (Å²) in [7, 11) is 0. The van der Waals surface area contributed by atoms with Crippen LogP contribution in [0.25, 0.3) is 0 Å². The minimum Gasteiger partial charge on any atom is -0.479 e. The molecule has 27 heteroatoms. The number of carboxylic acids is 1. The highest BCUT2D eigenvalue weighted by Crippen LogP contribution is 2.76. The van der Waals surface area contributed by atoms with Crippen molar-refractivity contribution in [2.75, 3.05) is 19.8 Å². The predicted molar refractivity (Wildman–Crippen MR) is 313 cm³/mol. The molecule has 14 N–H and O–H groups in total. The molecule has 8 fully saturated rings. The molecule has 0 aromatic heterocycles. The van der Waals surface area contributed by atoms with Crippen LogP contribution in [0.4, 0.5) is 0 Å². The molecular weight excluding hydrogens is 1200 g/mol. The first-order valence-corrected chi connectivity index (χ1v) is 32.0. The molecule has 0 spiro atoms. The minimum atomic E-state index is -2.29. The summed E-state index contributed by atoms with van der Waals surface area (Å²) < 4.78 is 61.9. The van der Waals surface area contributed by atoms with Crippen molar-refractivity contribution in [3.63, 3.8) is 0 Å². The second-order valence-corrected chi connectivity index (χ2v) is 29.3. The highest BCUT2D eigenvalue weighted by molar-refractivity contribution is 5.89. The molecule has 4 aliphatic heterocycles. The van der Waals surface area contributed by atoms with E-state index in [1.165, 1.54) is 6.92 Å². The summed E-state index contributed by atoms with van der Waals surface area (Å²) in [6, 6.07) is 0. The van der Waals surface area contributed by atoms with Crippen molar-refractivity contribution in [2.24, 2.45) is 50.2 Å². The van der Waals surface area contributed by atoms with E-state index in [0.29, 0.717) is 49.7 Å². The topological polar surface area (TPSA) is 427 Å². The maximum Gasteiger partial charge on any atom is 0.335 e. The third kappa shape index (κ3) is 12.0. The van der Waals surface area contributed by atoms with Gasteiger partial charge in [0.1, 0.15) is 91.6 Å². The molecule has 27 nitrogen and oxygen atoms in total. The number of hydrogen-bond acceptors (Lipinski definition) is 26. The lowest BCUT2D eigenvalue weighted by Gasteiger charge is -2.72. The fourth-order valence-corrected chi connectivity index (χ4v) is 17.8. The lowest BCUT2D eigenvalue weighted by atomic mass is 9.33. The van der Waals surface area contributed by atoms with Gasteiger partial charge in [-0.2, -0.15) is 0 Å². The van der Waals surface area contributed by atoms with Gasteiger partial charge in [-0.3, -0.25) is 0 Å². The van der Waals surface area contributed by atoms with Crippen LogP contribution in [-0.2, 0) is 61.8 Å². The molecule has 0 amide bonds. The molecule has 9 aliphatic rings. The first kappa shape index (κ1) is 72.1. The molecule has 0 radical (unpaired) electrons. The Kier molecular flexibility index (Phi) is 21.1. The Labute approximate surface area is 529 Å². The number of carboxylic acid groups (broad SMARTS) is 1. The van der Waals surface area contributed by atoms with E-state index in [9.17, 15) is 85.9 Å². The monoisotopic (exact) mass is 1300 g/mol. The average Bonchev–Trinajstić information content (AvgIpc) is 0.670. The van der Waals surface area contributed by atoms with Crippen LogP contribution >= 0.6 is 0 Å². The van der Waals surface area contributed by atoms with Gasteiger partial charge in [0, 0.05) is 16.6 Å². The van der Waals surface area contributed by atoms with E-state index in [0.717, 1.165) is 5.57 Å². The van der Waals surface area contributed by atoms with Gasteiger partial charge < -0.3 is 119 Å². The van der Waals surface area contributed by atoms with Gasteiger partial charge in [-0.1, -0.05) is 72.3 Å². The Morgan fingerprint density at radius 1 is 0.582 bits per heavy atom. The number of esters is 2. The predicted octanol–water partition coefficient (Wildman–Crippen LogP) is -0.495. The van der Waals surface area contributed by atoms with Crippen LogP contribution in [0.3, 0.4) is 0 Å². The van der Waals surface area contributed by atoms with E-state index >= 15 is 0 Å². The Bertz CT molecular complexity index is 2720. The molecule has 518 valence electrons. The van der Waals surface area contributed by atoms with E-state index < -0.39 is 223 Å². The van der Waals surface area contributed by atoms with Gasteiger partial charge >= 0.3 is 17.9 Å². The third-order valence-corrected chi connectivity index (χ3v) is 23.7. The summed E-state index contributed by atoms with van der Waals surface area (Å²) in [6.07, 6.45) is -33.9. The van der Waals surface area contributed by atoms with Gasteiger partial charge in [0.05, 0.1) is 43.5 Å². The number of carbonyl (C=O) groups excluding carboxylic acids is 2. The highest BCUT2D eigenvalue weighted by atomic mass is 16.8. The molecule has 9 rings (SSSR count). The lowest BCUT2D eigenvalue weighted by molar-refractivity contribution is -0.406. The molecule has 5 unspecified atom stereocenters. The number of carbonyl (C=O) groups is 3. The summed E-state index contributed by atoms with van der Waals surface area (Å²) in [5, 5.41) is 156. The second kappa shape index (κ2) is 26.7. The average molecular weight is 1300 g/mol. The molecule has 0 aromatic rings. The van der Waals surface area contributed by atoms with Gasteiger partial charge in [0.15, 0.2) is 37.4 Å². The molecule has 0 aromatic carbocycles. The molecule has 0 bridgehead atoms. The van der Waals surface area contributed by atoms with Crippen molar-refractivity contribution in [2.45, 2.75) is 275 Å². The Morgan fingerprint density at radius 2 is 1.11 bits per heavy atom. The summed E-state index contributed by atoms with van der Waals surface area (Å²) >= 11 is 0.